The molecule has 182 valence electrons. The Balaban J connectivity index is 1.41. The summed E-state index contributed by atoms with van der Waals surface area (Å²) in [7, 11) is 0. The summed E-state index contributed by atoms with van der Waals surface area (Å²) in [5, 5.41) is 7.64. The molecule has 0 saturated carbocycles. The molecule has 7 heteroatoms. The fraction of sp³-hybridized carbons (Fsp3) is 0.133. The van der Waals surface area contributed by atoms with Crippen molar-refractivity contribution in [2.24, 2.45) is 5.10 Å². The third-order valence-electron chi connectivity index (χ3n) is 7.28. The van der Waals surface area contributed by atoms with Gasteiger partial charge in [0, 0.05) is 21.5 Å². The Hall–Kier alpha value is -3.61. The number of hydrogen-bond donors (Lipinski definition) is 0. The highest BCUT2D eigenvalue weighted by atomic mass is 79.9. The van der Waals surface area contributed by atoms with E-state index in [1.807, 2.05) is 101 Å². The Morgan fingerprint density at radius 3 is 2.54 bits per heavy atom. The Morgan fingerprint density at radius 1 is 0.973 bits per heavy atom. The lowest BCUT2D eigenvalue weighted by molar-refractivity contribution is -0.164. The first-order valence-electron chi connectivity index (χ1n) is 12.1. The molecule has 1 amide bonds. The van der Waals surface area contributed by atoms with E-state index in [1.165, 1.54) is 0 Å². The minimum Gasteiger partial charge on any atom is -0.453 e. The number of carbonyl (C=O) groups excluding carboxylic acids is 1. The zero-order valence-corrected chi connectivity index (χ0v) is 22.0. The van der Waals surface area contributed by atoms with Crippen LogP contribution in [0.3, 0.4) is 0 Å². The van der Waals surface area contributed by atoms with Crippen molar-refractivity contribution < 1.29 is 9.53 Å². The molecule has 3 heterocycles. The number of anilines is 1. The van der Waals surface area contributed by atoms with E-state index >= 15 is 0 Å². The normalized spacial score (nSPS) is 21.4. The minimum absolute atomic E-state index is 0.141. The molecular weight excluding hydrogens is 550 g/mol. The second-order valence-electron chi connectivity index (χ2n) is 9.44. The van der Waals surface area contributed by atoms with E-state index < -0.39 is 5.72 Å². The van der Waals surface area contributed by atoms with Gasteiger partial charge in [-0.25, -0.2) is 5.01 Å². The van der Waals surface area contributed by atoms with Gasteiger partial charge in [0.05, 0.1) is 29.5 Å². The standard InChI is InChI=1S/C30H21BrClN3O2/c31-21-12-15-28-23(16-21)27-17-25(20-10-13-22(32)14-11-20)33-35(27)30(37-28)24-8-4-5-9-26(24)34(29(30)36)18-19-6-2-1-3-7-19/h1-16,27H,17-18H2. The van der Waals surface area contributed by atoms with Crippen LogP contribution in [0.15, 0.2) is 107 Å². The van der Waals surface area contributed by atoms with Crippen LogP contribution in [0.2, 0.25) is 5.02 Å². The number of para-hydroxylation sites is 1. The van der Waals surface area contributed by atoms with Crippen LogP contribution in [-0.2, 0) is 17.1 Å². The fourth-order valence-corrected chi connectivity index (χ4v) is 6.09. The van der Waals surface area contributed by atoms with Gasteiger partial charge in [-0.3, -0.25) is 4.79 Å². The van der Waals surface area contributed by atoms with Crippen molar-refractivity contribution in [3.8, 4) is 5.75 Å². The van der Waals surface area contributed by atoms with Gasteiger partial charge in [-0.2, -0.15) is 5.10 Å². The number of rotatable bonds is 3. The third kappa shape index (κ3) is 3.43. The predicted octanol–water partition coefficient (Wildman–Crippen LogP) is 7.05. The third-order valence-corrected chi connectivity index (χ3v) is 8.02. The van der Waals surface area contributed by atoms with E-state index in [4.69, 9.17) is 21.4 Å². The highest BCUT2D eigenvalue weighted by molar-refractivity contribution is 9.10. The number of nitrogens with zero attached hydrogens (tertiary/aromatic N) is 3. The topological polar surface area (TPSA) is 45.1 Å². The number of hydrazone groups is 1. The summed E-state index contributed by atoms with van der Waals surface area (Å²) >= 11 is 9.77. The van der Waals surface area contributed by atoms with Crippen LogP contribution in [0.4, 0.5) is 5.69 Å². The number of fused-ring (bicyclic) bond motifs is 6. The molecule has 3 aliphatic heterocycles. The van der Waals surface area contributed by atoms with Crippen molar-refractivity contribution in [3.63, 3.8) is 0 Å². The average molecular weight is 571 g/mol. The van der Waals surface area contributed by atoms with Gasteiger partial charge in [0.15, 0.2) is 0 Å². The van der Waals surface area contributed by atoms with Crippen molar-refractivity contribution in [3.05, 3.63) is 129 Å². The van der Waals surface area contributed by atoms with E-state index in [1.54, 1.807) is 0 Å². The molecule has 0 saturated heterocycles. The molecule has 0 N–H and O–H groups in total. The van der Waals surface area contributed by atoms with Gasteiger partial charge in [-0.1, -0.05) is 88.2 Å². The Labute approximate surface area is 228 Å². The van der Waals surface area contributed by atoms with Crippen LogP contribution >= 0.6 is 27.5 Å². The lowest BCUT2D eigenvalue weighted by Crippen LogP contribution is -2.57. The van der Waals surface area contributed by atoms with Crippen LogP contribution in [0.5, 0.6) is 5.75 Å². The first-order chi connectivity index (χ1) is 18.0. The van der Waals surface area contributed by atoms with Crippen molar-refractivity contribution in [2.75, 3.05) is 4.90 Å². The fourth-order valence-electron chi connectivity index (χ4n) is 5.58. The molecule has 0 aliphatic carbocycles. The highest BCUT2D eigenvalue weighted by Crippen LogP contribution is 2.56. The van der Waals surface area contributed by atoms with Crippen molar-refractivity contribution in [1.29, 1.82) is 0 Å². The molecule has 4 aromatic rings. The number of benzene rings is 4. The van der Waals surface area contributed by atoms with Crippen LogP contribution in [0, 0.1) is 0 Å². The van der Waals surface area contributed by atoms with Crippen LogP contribution in [0.25, 0.3) is 0 Å². The van der Waals surface area contributed by atoms with E-state index in [9.17, 15) is 4.79 Å². The second kappa shape index (κ2) is 8.47. The van der Waals surface area contributed by atoms with Crippen LogP contribution in [0.1, 0.15) is 34.7 Å². The lowest BCUT2D eigenvalue weighted by atomic mass is 9.92. The van der Waals surface area contributed by atoms with Crippen LogP contribution < -0.4 is 9.64 Å². The van der Waals surface area contributed by atoms with Gasteiger partial charge >= 0.3 is 5.72 Å². The number of amides is 1. The molecule has 37 heavy (non-hydrogen) atoms. The quantitative estimate of drug-likeness (QED) is 0.265. The van der Waals surface area contributed by atoms with Gasteiger partial charge in [0.25, 0.3) is 5.91 Å². The average Bonchev–Trinajstić information content (AvgIpc) is 3.46. The molecule has 3 aliphatic rings. The molecule has 2 unspecified atom stereocenters. The number of halogens is 2. The summed E-state index contributed by atoms with van der Waals surface area (Å²) in [6.45, 7) is 0.446. The Bertz CT molecular complexity index is 1570. The van der Waals surface area contributed by atoms with Gasteiger partial charge < -0.3 is 9.64 Å². The lowest BCUT2D eigenvalue weighted by Gasteiger charge is -2.44. The first kappa shape index (κ1) is 22.6. The highest BCUT2D eigenvalue weighted by Gasteiger charge is 2.63. The van der Waals surface area contributed by atoms with Gasteiger partial charge in [0.1, 0.15) is 5.75 Å². The molecule has 4 aromatic carbocycles. The van der Waals surface area contributed by atoms with Gasteiger partial charge in [-0.05, 0) is 47.5 Å². The molecule has 0 fully saturated rings. The van der Waals surface area contributed by atoms with Crippen LogP contribution in [-0.4, -0.2) is 16.6 Å². The maximum Gasteiger partial charge on any atom is 0.306 e. The molecule has 1 spiro atoms. The largest absolute Gasteiger partial charge is 0.453 e. The molecule has 2 atom stereocenters. The summed E-state index contributed by atoms with van der Waals surface area (Å²) in [6, 6.07) is 31.4. The summed E-state index contributed by atoms with van der Waals surface area (Å²) in [4.78, 5) is 16.3. The maximum absolute atomic E-state index is 14.5. The smallest absolute Gasteiger partial charge is 0.306 e. The second-order valence-corrected chi connectivity index (χ2v) is 10.8. The number of hydrogen-bond acceptors (Lipinski definition) is 4. The van der Waals surface area contributed by atoms with Gasteiger partial charge in [-0.15, -0.1) is 0 Å². The summed E-state index contributed by atoms with van der Waals surface area (Å²) in [5.74, 6) is 0.555. The minimum atomic E-state index is -1.40. The zero-order chi connectivity index (χ0) is 25.1. The zero-order valence-electron chi connectivity index (χ0n) is 19.6. The molecule has 0 aromatic heterocycles. The number of ether oxygens (including phenoxy) is 1. The van der Waals surface area contributed by atoms with E-state index in [2.05, 4.69) is 22.0 Å². The van der Waals surface area contributed by atoms with Crippen molar-refractivity contribution in [2.45, 2.75) is 24.7 Å². The monoisotopic (exact) mass is 569 g/mol. The Morgan fingerprint density at radius 2 is 1.73 bits per heavy atom. The SMILES string of the molecule is O=C1N(Cc2ccccc2)c2ccccc2C12Oc1ccc(Br)cc1C1CC(c3ccc(Cl)cc3)=NN12. The summed E-state index contributed by atoms with van der Waals surface area (Å²) in [6.07, 6.45) is 0.643. The first-order valence-corrected chi connectivity index (χ1v) is 13.3. The number of carbonyl (C=O) groups is 1. The predicted molar refractivity (Wildman–Crippen MR) is 148 cm³/mol. The van der Waals surface area contributed by atoms with Crippen molar-refractivity contribution in [1.82, 2.24) is 5.01 Å². The molecule has 0 radical (unpaired) electrons. The summed E-state index contributed by atoms with van der Waals surface area (Å²) < 4.78 is 7.70. The maximum atomic E-state index is 14.5. The van der Waals surface area contributed by atoms with E-state index in [0.29, 0.717) is 23.7 Å². The van der Waals surface area contributed by atoms with E-state index in [0.717, 1.165) is 38.1 Å². The molecule has 7 rings (SSSR count). The van der Waals surface area contributed by atoms with Crippen molar-refractivity contribution >= 4 is 44.8 Å². The Kier molecular flexibility index (Phi) is 5.17. The molecule has 5 nitrogen and oxygen atoms in total. The van der Waals surface area contributed by atoms with E-state index in [-0.39, 0.29) is 11.9 Å². The molecule has 0 bridgehead atoms. The molecular formula is C30H21BrClN3O2. The summed E-state index contributed by atoms with van der Waals surface area (Å²) in [5.41, 5.74) is 4.16. The van der Waals surface area contributed by atoms with Gasteiger partial charge in [0.2, 0.25) is 0 Å².